The quantitative estimate of drug-likeness (QED) is 0.872. The number of rotatable bonds is 2. The van der Waals surface area contributed by atoms with Crippen LogP contribution in [0.5, 0.6) is 0 Å². The van der Waals surface area contributed by atoms with Crippen LogP contribution >= 0.6 is 11.6 Å². The molecule has 1 aliphatic rings. The second-order valence-electron chi connectivity index (χ2n) is 4.91. The van der Waals surface area contributed by atoms with Crippen molar-refractivity contribution in [2.75, 3.05) is 13.1 Å². The lowest BCUT2D eigenvalue weighted by molar-refractivity contribution is 0.337. The van der Waals surface area contributed by atoms with Crippen LogP contribution in [0.2, 0.25) is 5.02 Å². The van der Waals surface area contributed by atoms with Crippen molar-refractivity contribution in [3.63, 3.8) is 0 Å². The lowest BCUT2D eigenvalue weighted by Gasteiger charge is -2.22. The molecule has 1 atom stereocenters. The summed E-state index contributed by atoms with van der Waals surface area (Å²) in [6.07, 6.45) is 2.36. The minimum atomic E-state index is -0.0437. The molecular formula is C13H16ClN3O. The molecule has 1 saturated heterocycles. The van der Waals surface area contributed by atoms with Crippen LogP contribution < -0.4 is 11.0 Å². The molecule has 1 aromatic carbocycles. The molecular weight excluding hydrogens is 250 g/mol. The van der Waals surface area contributed by atoms with Crippen molar-refractivity contribution in [1.29, 1.82) is 0 Å². The van der Waals surface area contributed by atoms with Gasteiger partial charge in [0.25, 0.3) is 0 Å². The summed E-state index contributed by atoms with van der Waals surface area (Å²) in [6, 6.07) is 5.51. The molecule has 0 aliphatic carbocycles. The highest BCUT2D eigenvalue weighted by Crippen LogP contribution is 2.19. The molecule has 1 fully saturated rings. The van der Waals surface area contributed by atoms with E-state index in [1.54, 1.807) is 10.6 Å². The number of nitrogens with one attached hydrogen (secondary N) is 2. The minimum absolute atomic E-state index is 0.0437. The Kier molecular flexibility index (Phi) is 3.14. The lowest BCUT2D eigenvalue weighted by atomic mass is 10.00. The molecule has 2 heterocycles. The van der Waals surface area contributed by atoms with E-state index in [0.717, 1.165) is 30.7 Å². The van der Waals surface area contributed by atoms with Crippen molar-refractivity contribution in [3.05, 3.63) is 33.7 Å². The molecule has 2 N–H and O–H groups in total. The average Bonchev–Trinajstić information content (AvgIpc) is 2.67. The van der Waals surface area contributed by atoms with Gasteiger partial charge in [-0.3, -0.25) is 4.57 Å². The summed E-state index contributed by atoms with van der Waals surface area (Å²) in [5, 5.41) is 4.04. The Bertz CT molecular complexity index is 610. The van der Waals surface area contributed by atoms with Gasteiger partial charge in [0.1, 0.15) is 0 Å². The maximum absolute atomic E-state index is 12.0. The van der Waals surface area contributed by atoms with E-state index in [2.05, 4.69) is 10.3 Å². The van der Waals surface area contributed by atoms with Gasteiger partial charge in [-0.15, -0.1) is 0 Å². The fourth-order valence-electron chi connectivity index (χ4n) is 2.65. The molecule has 0 saturated carbocycles. The highest BCUT2D eigenvalue weighted by Gasteiger charge is 2.16. The molecule has 96 valence electrons. The topological polar surface area (TPSA) is 49.8 Å². The standard InChI is InChI=1S/C13H16ClN3O/c14-10-3-4-11-12(6-10)17(13(18)16-11)8-9-2-1-5-15-7-9/h3-4,6,9,15H,1-2,5,7-8H2,(H,16,18). The van der Waals surface area contributed by atoms with Crippen LogP contribution in [0.3, 0.4) is 0 Å². The highest BCUT2D eigenvalue weighted by atomic mass is 35.5. The van der Waals surface area contributed by atoms with Gasteiger partial charge in [0.05, 0.1) is 11.0 Å². The smallest absolute Gasteiger partial charge is 0.316 e. The van der Waals surface area contributed by atoms with Gasteiger partial charge in [-0.25, -0.2) is 4.79 Å². The van der Waals surface area contributed by atoms with E-state index in [9.17, 15) is 4.79 Å². The predicted octanol–water partition coefficient (Wildman–Crippen LogP) is 1.98. The first kappa shape index (κ1) is 11.8. The number of H-pyrrole nitrogens is 1. The van der Waals surface area contributed by atoms with Gasteiger partial charge in [-0.2, -0.15) is 0 Å². The van der Waals surface area contributed by atoms with Crippen LogP contribution in [0, 0.1) is 5.92 Å². The van der Waals surface area contributed by atoms with Crippen LogP contribution in [-0.4, -0.2) is 22.6 Å². The van der Waals surface area contributed by atoms with Crippen LogP contribution in [0.15, 0.2) is 23.0 Å². The van der Waals surface area contributed by atoms with Crippen LogP contribution in [-0.2, 0) is 6.54 Å². The Balaban J connectivity index is 1.97. The molecule has 2 aromatic rings. The number of nitrogens with zero attached hydrogens (tertiary/aromatic N) is 1. The maximum Gasteiger partial charge on any atom is 0.326 e. The zero-order valence-electron chi connectivity index (χ0n) is 10.1. The number of halogens is 1. The number of aromatic amines is 1. The van der Waals surface area contributed by atoms with Gasteiger partial charge in [-0.05, 0) is 50.0 Å². The third kappa shape index (κ3) is 2.18. The second kappa shape index (κ2) is 4.78. The largest absolute Gasteiger partial charge is 0.326 e. The number of piperidine rings is 1. The summed E-state index contributed by atoms with van der Waals surface area (Å²) < 4.78 is 1.80. The van der Waals surface area contributed by atoms with Crippen molar-refractivity contribution in [1.82, 2.24) is 14.9 Å². The van der Waals surface area contributed by atoms with Crippen molar-refractivity contribution in [2.24, 2.45) is 5.92 Å². The summed E-state index contributed by atoms with van der Waals surface area (Å²) in [4.78, 5) is 14.8. The van der Waals surface area contributed by atoms with Gasteiger partial charge >= 0.3 is 5.69 Å². The molecule has 0 amide bonds. The Labute approximate surface area is 110 Å². The molecule has 4 nitrogen and oxygen atoms in total. The van der Waals surface area contributed by atoms with E-state index >= 15 is 0 Å². The van der Waals surface area contributed by atoms with E-state index in [1.807, 2.05) is 12.1 Å². The molecule has 3 rings (SSSR count). The second-order valence-corrected chi connectivity index (χ2v) is 5.35. The summed E-state index contributed by atoms with van der Waals surface area (Å²) in [5.41, 5.74) is 1.71. The summed E-state index contributed by atoms with van der Waals surface area (Å²) in [5.74, 6) is 0.523. The predicted molar refractivity (Wildman–Crippen MR) is 73.2 cm³/mol. The van der Waals surface area contributed by atoms with Gasteiger partial charge in [-0.1, -0.05) is 11.6 Å². The number of hydrogen-bond acceptors (Lipinski definition) is 2. The summed E-state index contributed by atoms with van der Waals surface area (Å²) in [6.45, 7) is 2.83. The molecule has 1 unspecified atom stereocenters. The third-order valence-electron chi connectivity index (χ3n) is 3.58. The first-order valence-electron chi connectivity index (χ1n) is 6.33. The fourth-order valence-corrected chi connectivity index (χ4v) is 2.81. The number of benzene rings is 1. The van der Waals surface area contributed by atoms with Crippen molar-refractivity contribution >= 4 is 22.6 Å². The fraction of sp³-hybridized carbons (Fsp3) is 0.462. The lowest BCUT2D eigenvalue weighted by Crippen LogP contribution is -2.34. The van der Waals surface area contributed by atoms with E-state index in [0.29, 0.717) is 10.9 Å². The molecule has 1 aliphatic heterocycles. The average molecular weight is 266 g/mol. The zero-order chi connectivity index (χ0) is 12.5. The van der Waals surface area contributed by atoms with Gasteiger partial charge in [0, 0.05) is 11.6 Å². The van der Waals surface area contributed by atoms with Gasteiger partial charge in [0.2, 0.25) is 0 Å². The zero-order valence-corrected chi connectivity index (χ0v) is 10.8. The number of aromatic nitrogens is 2. The van der Waals surface area contributed by atoms with Gasteiger partial charge < -0.3 is 10.3 Å². The van der Waals surface area contributed by atoms with E-state index in [-0.39, 0.29) is 5.69 Å². The summed E-state index contributed by atoms with van der Waals surface area (Å²) in [7, 11) is 0. The molecule has 1 aromatic heterocycles. The monoisotopic (exact) mass is 265 g/mol. The first-order chi connectivity index (χ1) is 8.74. The number of imidazole rings is 1. The Morgan fingerprint density at radius 1 is 1.44 bits per heavy atom. The third-order valence-corrected chi connectivity index (χ3v) is 3.81. The maximum atomic E-state index is 12.0. The molecule has 0 spiro atoms. The molecule has 0 radical (unpaired) electrons. The van der Waals surface area contributed by atoms with Gasteiger partial charge in [0.15, 0.2) is 0 Å². The van der Waals surface area contributed by atoms with Crippen molar-refractivity contribution < 1.29 is 0 Å². The minimum Gasteiger partial charge on any atom is -0.316 e. The van der Waals surface area contributed by atoms with Crippen LogP contribution in [0.1, 0.15) is 12.8 Å². The number of hydrogen-bond donors (Lipinski definition) is 2. The summed E-state index contributed by atoms with van der Waals surface area (Å²) >= 11 is 6.00. The van der Waals surface area contributed by atoms with Crippen molar-refractivity contribution in [2.45, 2.75) is 19.4 Å². The number of fused-ring (bicyclic) bond motifs is 1. The van der Waals surface area contributed by atoms with E-state index in [4.69, 9.17) is 11.6 Å². The first-order valence-corrected chi connectivity index (χ1v) is 6.70. The molecule has 18 heavy (non-hydrogen) atoms. The highest BCUT2D eigenvalue weighted by molar-refractivity contribution is 6.31. The molecule has 0 bridgehead atoms. The Morgan fingerprint density at radius 2 is 2.33 bits per heavy atom. The normalized spacial score (nSPS) is 20.4. The van der Waals surface area contributed by atoms with Crippen LogP contribution in [0.4, 0.5) is 0 Å². The van der Waals surface area contributed by atoms with Crippen LogP contribution in [0.25, 0.3) is 11.0 Å². The SMILES string of the molecule is O=c1[nH]c2ccc(Cl)cc2n1CC1CCCNC1. The Hall–Kier alpha value is -1.26. The van der Waals surface area contributed by atoms with E-state index < -0.39 is 0 Å². The molecule has 5 heteroatoms. The van der Waals surface area contributed by atoms with Crippen molar-refractivity contribution in [3.8, 4) is 0 Å². The van der Waals surface area contributed by atoms with E-state index in [1.165, 1.54) is 12.8 Å². The Morgan fingerprint density at radius 3 is 3.11 bits per heavy atom.